The van der Waals surface area contributed by atoms with Crippen molar-refractivity contribution in [1.29, 1.82) is 0 Å². The van der Waals surface area contributed by atoms with Crippen LogP contribution in [0.5, 0.6) is 28.7 Å². The van der Waals surface area contributed by atoms with Gasteiger partial charge in [-0.15, -0.1) is 0 Å². The summed E-state index contributed by atoms with van der Waals surface area (Å²) in [6.07, 6.45) is 0.532. The van der Waals surface area contributed by atoms with Gasteiger partial charge in [0.25, 0.3) is 0 Å². The Labute approximate surface area is 210 Å². The van der Waals surface area contributed by atoms with Gasteiger partial charge in [0.1, 0.15) is 34.4 Å². The van der Waals surface area contributed by atoms with E-state index >= 15 is 0 Å². The molecule has 1 heterocycles. The lowest BCUT2D eigenvalue weighted by molar-refractivity contribution is 0.384. The standard InChI is InChI=1S/C29H28N2O5/c1-33-18-15-25(32)29(28(16-18)36-4)22-17-24(31(30-22)23-11-7-8-12-27(23)35-3)20-13-14-26(34-2)21-10-6-5-9-19(20)21/h5-16,24,32H,17H2,1-4H3. The van der Waals surface area contributed by atoms with Crippen LogP contribution in [0.4, 0.5) is 5.69 Å². The average molecular weight is 485 g/mol. The van der Waals surface area contributed by atoms with E-state index in [4.69, 9.17) is 24.0 Å². The molecule has 0 amide bonds. The summed E-state index contributed by atoms with van der Waals surface area (Å²) >= 11 is 0. The number of fused-ring (bicyclic) bond motifs is 1. The highest BCUT2D eigenvalue weighted by molar-refractivity contribution is 6.08. The fourth-order valence-electron chi connectivity index (χ4n) is 4.85. The third kappa shape index (κ3) is 3.92. The zero-order valence-electron chi connectivity index (χ0n) is 20.7. The molecule has 1 aliphatic heterocycles. The first-order valence-electron chi connectivity index (χ1n) is 11.6. The van der Waals surface area contributed by atoms with Crippen LogP contribution in [0.25, 0.3) is 10.8 Å². The highest BCUT2D eigenvalue weighted by Crippen LogP contribution is 2.46. The van der Waals surface area contributed by atoms with Crippen LogP contribution < -0.4 is 24.0 Å². The molecule has 36 heavy (non-hydrogen) atoms. The van der Waals surface area contributed by atoms with Crippen molar-refractivity contribution in [2.75, 3.05) is 33.4 Å². The molecule has 184 valence electrons. The van der Waals surface area contributed by atoms with Crippen molar-refractivity contribution in [3.63, 3.8) is 0 Å². The predicted octanol–water partition coefficient (Wildman–Crippen LogP) is 5.94. The molecule has 4 aromatic carbocycles. The van der Waals surface area contributed by atoms with Crippen LogP contribution in [0.2, 0.25) is 0 Å². The summed E-state index contributed by atoms with van der Waals surface area (Å²) in [5.74, 6) is 2.56. The molecule has 0 bridgehead atoms. The number of rotatable bonds is 7. The zero-order valence-corrected chi connectivity index (χ0v) is 20.7. The fourth-order valence-corrected chi connectivity index (χ4v) is 4.85. The number of phenolic OH excluding ortho intramolecular Hbond substituents is 1. The maximum Gasteiger partial charge on any atom is 0.144 e. The summed E-state index contributed by atoms with van der Waals surface area (Å²) in [5, 5.41) is 20.0. The summed E-state index contributed by atoms with van der Waals surface area (Å²) < 4.78 is 22.3. The second-order valence-electron chi connectivity index (χ2n) is 8.41. The number of hydrazone groups is 1. The van der Waals surface area contributed by atoms with Gasteiger partial charge in [0.2, 0.25) is 0 Å². The number of anilines is 1. The largest absolute Gasteiger partial charge is 0.507 e. The maximum absolute atomic E-state index is 10.9. The second-order valence-corrected chi connectivity index (χ2v) is 8.41. The van der Waals surface area contributed by atoms with Crippen molar-refractivity contribution >= 4 is 22.2 Å². The predicted molar refractivity (Wildman–Crippen MR) is 141 cm³/mol. The molecule has 0 saturated heterocycles. The molecule has 1 unspecified atom stereocenters. The van der Waals surface area contributed by atoms with Gasteiger partial charge in [-0.2, -0.15) is 5.10 Å². The molecule has 0 aliphatic carbocycles. The summed E-state index contributed by atoms with van der Waals surface area (Å²) in [6, 6.07) is 23.2. The first kappa shape index (κ1) is 23.4. The minimum absolute atomic E-state index is 0.0464. The number of ether oxygens (including phenoxy) is 4. The first-order valence-corrected chi connectivity index (χ1v) is 11.6. The van der Waals surface area contributed by atoms with Crippen molar-refractivity contribution < 1.29 is 24.1 Å². The van der Waals surface area contributed by atoms with Gasteiger partial charge in [0.15, 0.2) is 0 Å². The van der Waals surface area contributed by atoms with Gasteiger partial charge in [0.05, 0.1) is 45.8 Å². The third-order valence-electron chi connectivity index (χ3n) is 6.54. The Morgan fingerprint density at radius 3 is 2.17 bits per heavy atom. The van der Waals surface area contributed by atoms with Crippen LogP contribution in [0.15, 0.2) is 77.9 Å². The summed E-state index contributed by atoms with van der Waals surface area (Å²) in [4.78, 5) is 0. The van der Waals surface area contributed by atoms with Crippen LogP contribution in [0.3, 0.4) is 0 Å². The Bertz CT molecular complexity index is 1450. The van der Waals surface area contributed by atoms with Gasteiger partial charge in [-0.1, -0.05) is 42.5 Å². The summed E-state index contributed by atoms with van der Waals surface area (Å²) in [5.41, 5.74) is 3.15. The van der Waals surface area contributed by atoms with E-state index in [1.807, 2.05) is 47.5 Å². The molecule has 0 fully saturated rings. The molecule has 1 N–H and O–H groups in total. The Kier molecular flexibility index (Phi) is 6.29. The lowest BCUT2D eigenvalue weighted by atomic mass is 9.93. The fraction of sp³-hybridized carbons (Fsp3) is 0.207. The Balaban J connectivity index is 1.71. The molecule has 4 aromatic rings. The van der Waals surface area contributed by atoms with Gasteiger partial charge >= 0.3 is 0 Å². The molecule has 7 nitrogen and oxygen atoms in total. The molecule has 1 atom stereocenters. The van der Waals surface area contributed by atoms with Crippen LogP contribution >= 0.6 is 0 Å². The van der Waals surface area contributed by atoms with Gasteiger partial charge in [-0.3, -0.25) is 5.01 Å². The quantitative estimate of drug-likeness (QED) is 0.350. The number of aromatic hydroxyl groups is 1. The van der Waals surface area contributed by atoms with E-state index < -0.39 is 0 Å². The number of para-hydroxylation sites is 2. The zero-order chi connectivity index (χ0) is 25.2. The van der Waals surface area contributed by atoms with Crippen molar-refractivity contribution in [3.8, 4) is 28.7 Å². The minimum atomic E-state index is -0.168. The van der Waals surface area contributed by atoms with Crippen LogP contribution in [0, 0.1) is 0 Å². The van der Waals surface area contributed by atoms with E-state index in [0.29, 0.717) is 34.9 Å². The van der Waals surface area contributed by atoms with E-state index in [9.17, 15) is 5.11 Å². The van der Waals surface area contributed by atoms with Crippen molar-refractivity contribution in [1.82, 2.24) is 0 Å². The van der Waals surface area contributed by atoms with Gasteiger partial charge in [-0.25, -0.2) is 0 Å². The molecule has 5 rings (SSSR count). The number of benzene rings is 4. The maximum atomic E-state index is 10.9. The lowest BCUT2D eigenvalue weighted by Gasteiger charge is -2.26. The molecule has 0 aromatic heterocycles. The van der Waals surface area contributed by atoms with Crippen LogP contribution in [-0.2, 0) is 0 Å². The van der Waals surface area contributed by atoms with Gasteiger partial charge in [0, 0.05) is 23.9 Å². The Morgan fingerprint density at radius 2 is 1.44 bits per heavy atom. The number of hydrogen-bond donors (Lipinski definition) is 1. The summed E-state index contributed by atoms with van der Waals surface area (Å²) in [7, 11) is 6.45. The highest BCUT2D eigenvalue weighted by Gasteiger charge is 2.35. The van der Waals surface area contributed by atoms with Crippen molar-refractivity contribution in [3.05, 3.63) is 83.9 Å². The van der Waals surface area contributed by atoms with Gasteiger partial charge in [-0.05, 0) is 29.1 Å². The third-order valence-corrected chi connectivity index (χ3v) is 6.54. The topological polar surface area (TPSA) is 72.8 Å². The van der Waals surface area contributed by atoms with Crippen LogP contribution in [-0.4, -0.2) is 39.3 Å². The smallest absolute Gasteiger partial charge is 0.144 e. The lowest BCUT2D eigenvalue weighted by Crippen LogP contribution is -2.19. The van der Waals surface area contributed by atoms with E-state index in [1.54, 1.807) is 40.6 Å². The monoisotopic (exact) mass is 484 g/mol. The Hall–Kier alpha value is -4.39. The number of phenols is 1. The molecular weight excluding hydrogens is 456 g/mol. The average Bonchev–Trinajstić information content (AvgIpc) is 3.36. The van der Waals surface area contributed by atoms with Gasteiger partial charge < -0.3 is 24.1 Å². The SMILES string of the molecule is COc1cc(O)c(C2=NN(c3ccccc3OC)C(c3ccc(OC)c4ccccc34)C2)c(OC)c1. The van der Waals surface area contributed by atoms with Crippen molar-refractivity contribution in [2.45, 2.75) is 12.5 Å². The summed E-state index contributed by atoms with van der Waals surface area (Å²) in [6.45, 7) is 0. The number of hydrogen-bond acceptors (Lipinski definition) is 7. The Morgan fingerprint density at radius 1 is 0.750 bits per heavy atom. The molecule has 0 spiro atoms. The van der Waals surface area contributed by atoms with E-state index in [2.05, 4.69) is 18.2 Å². The van der Waals surface area contributed by atoms with E-state index in [1.165, 1.54) is 0 Å². The number of nitrogens with zero attached hydrogens (tertiary/aromatic N) is 2. The number of methoxy groups -OCH3 is 4. The van der Waals surface area contributed by atoms with Crippen molar-refractivity contribution in [2.24, 2.45) is 5.10 Å². The minimum Gasteiger partial charge on any atom is -0.507 e. The first-order chi connectivity index (χ1) is 17.6. The van der Waals surface area contributed by atoms with Crippen LogP contribution in [0.1, 0.15) is 23.6 Å². The van der Waals surface area contributed by atoms with E-state index in [0.717, 1.165) is 27.8 Å². The molecular formula is C29H28N2O5. The second kappa shape index (κ2) is 9.70. The normalized spacial score (nSPS) is 15.1. The molecule has 0 radical (unpaired) electrons. The molecule has 0 saturated carbocycles. The highest BCUT2D eigenvalue weighted by atomic mass is 16.5. The molecule has 7 heteroatoms. The molecule has 1 aliphatic rings. The van der Waals surface area contributed by atoms with E-state index in [-0.39, 0.29) is 11.8 Å².